The minimum Gasteiger partial charge on any atom is -0.322 e. The predicted molar refractivity (Wildman–Crippen MR) is 96.1 cm³/mol. The molecule has 0 atom stereocenters. The molecule has 0 radical (unpaired) electrons. The average molecular weight is 377 g/mol. The van der Waals surface area contributed by atoms with E-state index in [1.165, 1.54) is 36.7 Å². The quantitative estimate of drug-likeness (QED) is 0.678. The summed E-state index contributed by atoms with van der Waals surface area (Å²) in [4.78, 5) is 20.3. The van der Waals surface area contributed by atoms with E-state index >= 15 is 0 Å². The number of carbonyl (C=O) groups is 1. The number of para-hydroxylation sites is 1. The SMILES string of the molecule is O=C(Nc1ccc(F)cc1)c1cnc(Nc2c(Cl)cccc2Cl)nc1. The van der Waals surface area contributed by atoms with E-state index in [4.69, 9.17) is 23.2 Å². The molecule has 2 N–H and O–H groups in total. The maximum atomic E-state index is 12.9. The smallest absolute Gasteiger partial charge is 0.258 e. The molecule has 1 heterocycles. The summed E-state index contributed by atoms with van der Waals surface area (Å²) in [6.45, 7) is 0. The Morgan fingerprint density at radius 3 is 2.16 bits per heavy atom. The molecule has 0 unspecified atom stereocenters. The number of anilines is 3. The van der Waals surface area contributed by atoms with Gasteiger partial charge in [0.1, 0.15) is 5.82 Å². The highest BCUT2D eigenvalue weighted by Crippen LogP contribution is 2.31. The fourth-order valence-electron chi connectivity index (χ4n) is 1.98. The standard InChI is InChI=1S/C17H11Cl2FN4O/c18-13-2-1-3-14(19)15(13)24-17-21-8-10(9-22-17)16(25)23-12-6-4-11(20)5-7-12/h1-9H,(H,23,25)(H,21,22,24). The van der Waals surface area contributed by atoms with Gasteiger partial charge in [0.15, 0.2) is 0 Å². The topological polar surface area (TPSA) is 66.9 Å². The number of benzene rings is 2. The van der Waals surface area contributed by atoms with Gasteiger partial charge in [-0.2, -0.15) is 0 Å². The van der Waals surface area contributed by atoms with Crippen LogP contribution in [0.1, 0.15) is 10.4 Å². The summed E-state index contributed by atoms with van der Waals surface area (Å²) in [6.07, 6.45) is 2.72. The first-order valence-electron chi connectivity index (χ1n) is 7.13. The van der Waals surface area contributed by atoms with E-state index in [0.29, 0.717) is 21.4 Å². The molecular formula is C17H11Cl2FN4O. The average Bonchev–Trinajstić information content (AvgIpc) is 2.61. The van der Waals surface area contributed by atoms with Crippen molar-refractivity contribution in [1.82, 2.24) is 9.97 Å². The third-order valence-electron chi connectivity index (χ3n) is 3.22. The first-order chi connectivity index (χ1) is 12.0. The van der Waals surface area contributed by atoms with E-state index in [2.05, 4.69) is 20.6 Å². The van der Waals surface area contributed by atoms with Crippen LogP contribution in [0.5, 0.6) is 0 Å². The highest BCUT2D eigenvalue weighted by molar-refractivity contribution is 6.39. The zero-order chi connectivity index (χ0) is 17.8. The molecule has 0 spiro atoms. The molecule has 0 fully saturated rings. The lowest BCUT2D eigenvalue weighted by molar-refractivity contribution is 0.102. The third-order valence-corrected chi connectivity index (χ3v) is 3.85. The first-order valence-corrected chi connectivity index (χ1v) is 7.88. The number of carbonyl (C=O) groups excluding carboxylic acids is 1. The second-order valence-electron chi connectivity index (χ2n) is 4.98. The Balaban J connectivity index is 1.71. The Kier molecular flexibility index (Phi) is 5.11. The van der Waals surface area contributed by atoms with Gasteiger partial charge in [0.05, 0.1) is 21.3 Å². The van der Waals surface area contributed by atoms with Crippen molar-refractivity contribution in [3.05, 3.63) is 76.3 Å². The number of hydrogen-bond donors (Lipinski definition) is 2. The lowest BCUT2D eigenvalue weighted by Gasteiger charge is -2.09. The van der Waals surface area contributed by atoms with Crippen LogP contribution in [0.2, 0.25) is 10.0 Å². The zero-order valence-electron chi connectivity index (χ0n) is 12.6. The van der Waals surface area contributed by atoms with Crippen LogP contribution >= 0.6 is 23.2 Å². The third kappa shape index (κ3) is 4.23. The normalized spacial score (nSPS) is 10.4. The second kappa shape index (κ2) is 7.46. The summed E-state index contributed by atoms with van der Waals surface area (Å²) in [5.74, 6) is -0.544. The molecule has 126 valence electrons. The van der Waals surface area contributed by atoms with Crippen molar-refractivity contribution >= 4 is 46.4 Å². The Hall–Kier alpha value is -2.70. The minimum atomic E-state index is -0.408. The van der Waals surface area contributed by atoms with Crippen molar-refractivity contribution in [2.24, 2.45) is 0 Å². The highest BCUT2D eigenvalue weighted by Gasteiger charge is 2.10. The van der Waals surface area contributed by atoms with Gasteiger partial charge in [0, 0.05) is 18.1 Å². The maximum absolute atomic E-state index is 12.9. The molecular weight excluding hydrogens is 366 g/mol. The van der Waals surface area contributed by atoms with Crippen molar-refractivity contribution in [2.75, 3.05) is 10.6 Å². The number of amides is 1. The summed E-state index contributed by atoms with van der Waals surface area (Å²) >= 11 is 12.1. The molecule has 0 saturated carbocycles. The molecule has 0 aliphatic rings. The van der Waals surface area contributed by atoms with Gasteiger partial charge >= 0.3 is 0 Å². The summed E-state index contributed by atoms with van der Waals surface area (Å²) in [6, 6.07) is 10.5. The van der Waals surface area contributed by atoms with E-state index in [-0.39, 0.29) is 17.3 Å². The highest BCUT2D eigenvalue weighted by atomic mass is 35.5. The van der Waals surface area contributed by atoms with Crippen molar-refractivity contribution < 1.29 is 9.18 Å². The number of hydrogen-bond acceptors (Lipinski definition) is 4. The molecule has 1 amide bonds. The Morgan fingerprint density at radius 1 is 0.960 bits per heavy atom. The maximum Gasteiger partial charge on any atom is 0.258 e. The van der Waals surface area contributed by atoms with Gasteiger partial charge in [-0.3, -0.25) is 4.79 Å². The summed E-state index contributed by atoms with van der Waals surface area (Å²) in [5, 5.41) is 6.38. The van der Waals surface area contributed by atoms with Crippen LogP contribution in [0.15, 0.2) is 54.9 Å². The number of halogens is 3. The van der Waals surface area contributed by atoms with Gasteiger partial charge in [-0.25, -0.2) is 14.4 Å². The van der Waals surface area contributed by atoms with Crippen LogP contribution in [-0.2, 0) is 0 Å². The fraction of sp³-hybridized carbons (Fsp3) is 0. The van der Waals surface area contributed by atoms with Gasteiger partial charge in [-0.1, -0.05) is 29.3 Å². The van der Waals surface area contributed by atoms with Crippen LogP contribution < -0.4 is 10.6 Å². The van der Waals surface area contributed by atoms with Crippen molar-refractivity contribution in [2.45, 2.75) is 0 Å². The van der Waals surface area contributed by atoms with E-state index < -0.39 is 5.91 Å². The van der Waals surface area contributed by atoms with Crippen LogP contribution in [0, 0.1) is 5.82 Å². The largest absolute Gasteiger partial charge is 0.322 e. The molecule has 8 heteroatoms. The van der Waals surface area contributed by atoms with Crippen LogP contribution in [0.4, 0.5) is 21.7 Å². The number of nitrogens with zero attached hydrogens (tertiary/aromatic N) is 2. The van der Waals surface area contributed by atoms with Crippen LogP contribution in [0.3, 0.4) is 0 Å². The van der Waals surface area contributed by atoms with Crippen molar-refractivity contribution in [3.63, 3.8) is 0 Å². The molecule has 5 nitrogen and oxygen atoms in total. The van der Waals surface area contributed by atoms with Gasteiger partial charge in [0.2, 0.25) is 5.95 Å². The minimum absolute atomic E-state index is 0.244. The first kappa shape index (κ1) is 17.1. The van der Waals surface area contributed by atoms with Gasteiger partial charge in [-0.15, -0.1) is 0 Å². The monoisotopic (exact) mass is 376 g/mol. The molecule has 25 heavy (non-hydrogen) atoms. The molecule has 0 saturated heterocycles. The van der Waals surface area contributed by atoms with Gasteiger partial charge < -0.3 is 10.6 Å². The number of aromatic nitrogens is 2. The van der Waals surface area contributed by atoms with Gasteiger partial charge in [0.25, 0.3) is 5.91 Å². The Morgan fingerprint density at radius 2 is 1.56 bits per heavy atom. The van der Waals surface area contributed by atoms with E-state index in [0.717, 1.165) is 0 Å². The van der Waals surface area contributed by atoms with Crippen molar-refractivity contribution in [3.8, 4) is 0 Å². The van der Waals surface area contributed by atoms with Gasteiger partial charge in [-0.05, 0) is 36.4 Å². The lowest BCUT2D eigenvalue weighted by Crippen LogP contribution is -2.13. The lowest BCUT2D eigenvalue weighted by atomic mass is 10.2. The molecule has 0 aliphatic carbocycles. The molecule has 0 aliphatic heterocycles. The molecule has 3 aromatic rings. The fourth-order valence-corrected chi connectivity index (χ4v) is 2.47. The predicted octanol–water partition coefficient (Wildman–Crippen LogP) is 4.92. The molecule has 0 bridgehead atoms. The van der Waals surface area contributed by atoms with Crippen LogP contribution in [-0.4, -0.2) is 15.9 Å². The number of rotatable bonds is 4. The molecule has 2 aromatic carbocycles. The molecule has 1 aromatic heterocycles. The summed E-state index contributed by atoms with van der Waals surface area (Å²) in [7, 11) is 0. The van der Waals surface area contributed by atoms with Crippen molar-refractivity contribution in [1.29, 1.82) is 0 Å². The van der Waals surface area contributed by atoms with Crippen LogP contribution in [0.25, 0.3) is 0 Å². The Labute approximate surface area is 152 Å². The molecule has 3 rings (SSSR count). The van der Waals surface area contributed by atoms with E-state index in [9.17, 15) is 9.18 Å². The van der Waals surface area contributed by atoms with E-state index in [1.54, 1.807) is 18.2 Å². The summed E-state index contributed by atoms with van der Waals surface area (Å²) in [5.41, 5.74) is 1.20. The Bertz CT molecular complexity index is 881. The van der Waals surface area contributed by atoms with E-state index in [1.807, 2.05) is 0 Å². The number of nitrogens with one attached hydrogen (secondary N) is 2. The zero-order valence-corrected chi connectivity index (χ0v) is 14.1. The second-order valence-corrected chi connectivity index (χ2v) is 5.79. The summed E-state index contributed by atoms with van der Waals surface area (Å²) < 4.78 is 12.9.